The minimum Gasteiger partial charge on any atom is -0.356 e. The lowest BCUT2D eigenvalue weighted by molar-refractivity contribution is -0.126. The van der Waals surface area contributed by atoms with Gasteiger partial charge < -0.3 is 15.3 Å². The van der Waals surface area contributed by atoms with Crippen molar-refractivity contribution in [2.75, 3.05) is 0 Å². The Kier molecular flexibility index (Phi) is 3.94. The van der Waals surface area contributed by atoms with Crippen LogP contribution in [-0.4, -0.2) is 28.3 Å². The molecule has 0 aromatic rings. The first-order chi connectivity index (χ1) is 6.56. The highest BCUT2D eigenvalue weighted by Crippen LogP contribution is 2.13. The van der Waals surface area contributed by atoms with Crippen LogP contribution in [-0.2, 0) is 4.79 Å². The first-order valence-electron chi connectivity index (χ1n) is 4.31. The quantitative estimate of drug-likeness (QED) is 0.747. The van der Waals surface area contributed by atoms with Crippen LogP contribution in [0.3, 0.4) is 0 Å². The number of nitrogens with one attached hydrogen (secondary N) is 1. The summed E-state index contributed by atoms with van der Waals surface area (Å²) >= 11 is 2.05. The Hall–Kier alpha value is -0.560. The van der Waals surface area contributed by atoms with E-state index < -0.39 is 6.35 Å². The highest BCUT2D eigenvalue weighted by atomic mass is 127. The van der Waals surface area contributed by atoms with Gasteiger partial charge in [-0.3, -0.25) is 4.79 Å². The second-order valence-electron chi connectivity index (χ2n) is 3.27. The molecule has 14 heavy (non-hydrogen) atoms. The van der Waals surface area contributed by atoms with Crippen molar-refractivity contribution in [1.29, 1.82) is 0 Å². The summed E-state index contributed by atoms with van der Waals surface area (Å²) in [5.74, 6) is -0.248. The molecule has 1 rings (SSSR count). The Balaban J connectivity index is 2.93. The highest BCUT2D eigenvalue weighted by Gasteiger charge is 2.24. The molecule has 1 heterocycles. The third-order valence-corrected chi connectivity index (χ3v) is 2.29. The number of aliphatic hydroxyl groups excluding tert-OH is 1. The maximum Gasteiger partial charge on any atom is 0.256 e. The van der Waals surface area contributed by atoms with E-state index >= 15 is 0 Å². The molecule has 1 aliphatic rings. The molecular formula is C9H13IN2O2. The summed E-state index contributed by atoms with van der Waals surface area (Å²) in [6, 6.07) is 0.142. The molecule has 0 saturated carbocycles. The number of rotatable bonds is 2. The van der Waals surface area contributed by atoms with E-state index in [9.17, 15) is 9.90 Å². The largest absolute Gasteiger partial charge is 0.356 e. The number of hydrogen-bond acceptors (Lipinski definition) is 3. The predicted molar refractivity (Wildman–Crippen MR) is 62.4 cm³/mol. The fraction of sp³-hybridized carbons (Fsp3) is 0.444. The summed E-state index contributed by atoms with van der Waals surface area (Å²) in [4.78, 5) is 13.0. The maximum absolute atomic E-state index is 11.3. The first kappa shape index (κ1) is 11.5. The van der Waals surface area contributed by atoms with Gasteiger partial charge >= 0.3 is 0 Å². The number of amides is 1. The summed E-state index contributed by atoms with van der Waals surface area (Å²) in [7, 11) is 0. The predicted octanol–water partition coefficient (Wildman–Crippen LogP) is 0.935. The first-order valence-corrected chi connectivity index (χ1v) is 5.55. The van der Waals surface area contributed by atoms with Crippen LogP contribution >= 0.6 is 22.6 Å². The molecule has 0 radical (unpaired) electrons. The standard InChI is InChI=1S/C9H13IN2O2/c1-6(2)12-5-7(3-4-10)8(13)11-9(12)14/h3-6,9,14H,1-2H3,(H,11,13)/b4-3+. The van der Waals surface area contributed by atoms with Gasteiger partial charge in [-0.05, 0) is 24.0 Å². The molecule has 5 heteroatoms. The van der Waals surface area contributed by atoms with Crippen molar-refractivity contribution in [3.63, 3.8) is 0 Å². The van der Waals surface area contributed by atoms with Crippen LogP contribution in [0.4, 0.5) is 0 Å². The van der Waals surface area contributed by atoms with Crippen molar-refractivity contribution in [3.8, 4) is 0 Å². The van der Waals surface area contributed by atoms with Crippen LogP contribution in [0.15, 0.2) is 21.9 Å². The van der Waals surface area contributed by atoms with Crippen molar-refractivity contribution in [1.82, 2.24) is 10.2 Å². The van der Waals surface area contributed by atoms with Crippen LogP contribution < -0.4 is 5.32 Å². The number of carbonyl (C=O) groups is 1. The minimum absolute atomic E-state index is 0.142. The van der Waals surface area contributed by atoms with Gasteiger partial charge in [0.05, 0.1) is 5.57 Å². The Morgan fingerprint density at radius 1 is 1.71 bits per heavy atom. The molecule has 1 aliphatic heterocycles. The summed E-state index contributed by atoms with van der Waals surface area (Å²) < 4.78 is 1.76. The summed E-state index contributed by atoms with van der Waals surface area (Å²) in [5, 5.41) is 12.0. The van der Waals surface area contributed by atoms with Crippen molar-refractivity contribution in [2.45, 2.75) is 26.2 Å². The van der Waals surface area contributed by atoms with Gasteiger partial charge in [-0.2, -0.15) is 0 Å². The summed E-state index contributed by atoms with van der Waals surface area (Å²) in [5.41, 5.74) is 0.554. The zero-order chi connectivity index (χ0) is 10.7. The highest BCUT2D eigenvalue weighted by molar-refractivity contribution is 14.1. The fourth-order valence-electron chi connectivity index (χ4n) is 1.18. The Morgan fingerprint density at radius 3 is 2.86 bits per heavy atom. The van der Waals surface area contributed by atoms with E-state index in [4.69, 9.17) is 0 Å². The van der Waals surface area contributed by atoms with Gasteiger partial charge in [-0.1, -0.05) is 22.6 Å². The molecule has 0 aromatic carbocycles. The Labute approximate surface area is 96.8 Å². The van der Waals surface area contributed by atoms with Crippen LogP contribution in [0, 0.1) is 0 Å². The molecule has 1 atom stereocenters. The van der Waals surface area contributed by atoms with E-state index in [1.165, 1.54) is 0 Å². The molecule has 0 bridgehead atoms. The van der Waals surface area contributed by atoms with Gasteiger partial charge in [0.2, 0.25) is 6.35 Å². The van der Waals surface area contributed by atoms with E-state index in [2.05, 4.69) is 5.32 Å². The lowest BCUT2D eigenvalue weighted by atomic mass is 10.2. The fourth-order valence-corrected chi connectivity index (χ4v) is 1.57. The molecule has 4 nitrogen and oxygen atoms in total. The second-order valence-corrected chi connectivity index (χ2v) is 3.98. The van der Waals surface area contributed by atoms with E-state index in [1.54, 1.807) is 21.3 Å². The molecule has 1 amide bonds. The van der Waals surface area contributed by atoms with Crippen molar-refractivity contribution < 1.29 is 9.90 Å². The number of carbonyl (C=O) groups excluding carboxylic acids is 1. The van der Waals surface area contributed by atoms with Gasteiger partial charge in [0.15, 0.2) is 0 Å². The molecule has 0 fully saturated rings. The number of nitrogens with zero attached hydrogens (tertiary/aromatic N) is 1. The van der Waals surface area contributed by atoms with E-state index in [1.807, 2.05) is 36.4 Å². The van der Waals surface area contributed by atoms with Gasteiger partial charge in [0.1, 0.15) is 0 Å². The van der Waals surface area contributed by atoms with Crippen LogP contribution in [0.5, 0.6) is 0 Å². The Morgan fingerprint density at radius 2 is 2.36 bits per heavy atom. The molecule has 78 valence electrons. The smallest absolute Gasteiger partial charge is 0.256 e. The van der Waals surface area contributed by atoms with Crippen LogP contribution in [0.2, 0.25) is 0 Å². The second kappa shape index (κ2) is 4.79. The van der Waals surface area contributed by atoms with E-state index in [0.717, 1.165) is 0 Å². The molecule has 0 saturated heterocycles. The van der Waals surface area contributed by atoms with Crippen molar-refractivity contribution in [2.24, 2.45) is 0 Å². The van der Waals surface area contributed by atoms with Crippen LogP contribution in [0.1, 0.15) is 13.8 Å². The zero-order valence-electron chi connectivity index (χ0n) is 8.07. The normalized spacial score (nSPS) is 22.9. The lowest BCUT2D eigenvalue weighted by Crippen LogP contribution is -2.52. The third-order valence-electron chi connectivity index (χ3n) is 1.93. The number of hydrogen-bond donors (Lipinski definition) is 2. The molecule has 0 aliphatic carbocycles. The number of halogens is 1. The third kappa shape index (κ3) is 2.48. The van der Waals surface area contributed by atoms with Crippen molar-refractivity contribution in [3.05, 3.63) is 21.9 Å². The lowest BCUT2D eigenvalue weighted by Gasteiger charge is -2.34. The van der Waals surface area contributed by atoms with E-state index in [0.29, 0.717) is 5.57 Å². The molecule has 2 N–H and O–H groups in total. The monoisotopic (exact) mass is 308 g/mol. The molecule has 0 aromatic heterocycles. The number of aliphatic hydroxyl groups is 1. The average molecular weight is 308 g/mol. The van der Waals surface area contributed by atoms with Crippen LogP contribution in [0.25, 0.3) is 0 Å². The molecule has 0 spiro atoms. The average Bonchev–Trinajstić information content (AvgIpc) is 2.09. The summed E-state index contributed by atoms with van der Waals surface area (Å²) in [6.07, 6.45) is 2.45. The van der Waals surface area contributed by atoms with E-state index in [-0.39, 0.29) is 11.9 Å². The SMILES string of the molecule is CC(C)N1C=C(/C=C/I)C(=O)NC1O. The van der Waals surface area contributed by atoms with Gasteiger partial charge in [-0.25, -0.2) is 0 Å². The minimum atomic E-state index is -0.922. The zero-order valence-corrected chi connectivity index (χ0v) is 10.2. The molecule has 1 unspecified atom stereocenters. The maximum atomic E-state index is 11.3. The van der Waals surface area contributed by atoms with Gasteiger partial charge in [0, 0.05) is 12.2 Å². The van der Waals surface area contributed by atoms with Gasteiger partial charge in [0.25, 0.3) is 5.91 Å². The Bertz CT molecular complexity index is 287. The van der Waals surface area contributed by atoms with Gasteiger partial charge in [-0.15, -0.1) is 0 Å². The summed E-state index contributed by atoms with van der Waals surface area (Å²) in [6.45, 7) is 3.89. The van der Waals surface area contributed by atoms with Crippen molar-refractivity contribution >= 4 is 28.5 Å². The molecular weight excluding hydrogens is 295 g/mol. The topological polar surface area (TPSA) is 52.6 Å².